The van der Waals surface area contributed by atoms with Gasteiger partial charge in [-0.2, -0.15) is 0 Å². The lowest BCUT2D eigenvalue weighted by Gasteiger charge is -2.23. The van der Waals surface area contributed by atoms with Crippen molar-refractivity contribution >= 4 is 15.5 Å². The second-order valence-electron chi connectivity index (χ2n) is 8.89. The van der Waals surface area contributed by atoms with Gasteiger partial charge in [0.2, 0.25) is 0 Å². The summed E-state index contributed by atoms with van der Waals surface area (Å²) in [7, 11) is -1.45. The highest BCUT2D eigenvalue weighted by Gasteiger charge is 2.30. The average molecular weight is 468 g/mol. The molecule has 0 N–H and O–H groups in total. The molecule has 0 amide bonds. The first-order chi connectivity index (χ1) is 15.9. The Morgan fingerprint density at radius 2 is 1.91 bits per heavy atom. The number of aryl methyl sites for hydroxylation is 1. The van der Waals surface area contributed by atoms with Crippen LogP contribution >= 0.6 is 0 Å². The van der Waals surface area contributed by atoms with Crippen LogP contribution in [0.2, 0.25) is 0 Å². The van der Waals surface area contributed by atoms with Crippen molar-refractivity contribution in [1.82, 2.24) is 19.7 Å². The number of nitrogens with zero attached hydrogens (tertiary/aromatic N) is 5. The smallest absolute Gasteiger partial charge is 0.200 e. The first kappa shape index (κ1) is 21.9. The number of sulfone groups is 1. The fourth-order valence-corrected chi connectivity index (χ4v) is 6.44. The maximum atomic E-state index is 12.4. The third-order valence-corrected chi connectivity index (χ3v) is 8.32. The summed E-state index contributed by atoms with van der Waals surface area (Å²) in [6.45, 7) is 4.10. The number of rotatable bonds is 5. The van der Waals surface area contributed by atoms with Gasteiger partial charge < -0.3 is 9.64 Å². The number of benzene rings is 1. The van der Waals surface area contributed by atoms with Gasteiger partial charge in [-0.1, -0.05) is 0 Å². The zero-order chi connectivity index (χ0) is 23.0. The van der Waals surface area contributed by atoms with Gasteiger partial charge in [0.25, 0.3) is 0 Å². The molecule has 1 atom stereocenters. The van der Waals surface area contributed by atoms with E-state index in [-0.39, 0.29) is 17.5 Å². The van der Waals surface area contributed by atoms with Crippen molar-refractivity contribution < 1.29 is 13.2 Å². The number of hydrogen-bond acceptors (Lipinski definition) is 7. The summed E-state index contributed by atoms with van der Waals surface area (Å²) >= 11 is 0. The number of methoxy groups -OCH3 is 1. The van der Waals surface area contributed by atoms with E-state index < -0.39 is 9.84 Å². The standard InChI is InChI=1S/C24H29N5O3S/c1-17-14-18(7-10-22(17)32-2)24-26-23(27-29(24)20-6-5-13-33(30,31)16-20)21-9-8-19(15-25-21)28-11-3-4-12-28/h7-10,14-15,20H,3-6,11-13,16H2,1-2H3. The monoisotopic (exact) mass is 467 g/mol. The first-order valence-electron chi connectivity index (χ1n) is 11.5. The van der Waals surface area contributed by atoms with E-state index >= 15 is 0 Å². The zero-order valence-corrected chi connectivity index (χ0v) is 19.9. The van der Waals surface area contributed by atoms with Crippen LogP contribution in [0.3, 0.4) is 0 Å². The molecule has 9 heteroatoms. The molecule has 4 heterocycles. The Hall–Kier alpha value is -2.94. The molecule has 2 saturated heterocycles. The summed E-state index contributed by atoms with van der Waals surface area (Å²) in [6.07, 6.45) is 5.69. The van der Waals surface area contributed by atoms with Crippen molar-refractivity contribution in [2.45, 2.75) is 38.6 Å². The van der Waals surface area contributed by atoms with E-state index in [1.807, 2.05) is 37.4 Å². The highest BCUT2D eigenvalue weighted by atomic mass is 32.2. The molecule has 2 aromatic heterocycles. The van der Waals surface area contributed by atoms with Crippen LogP contribution in [0.1, 0.15) is 37.3 Å². The lowest BCUT2D eigenvalue weighted by atomic mass is 10.1. The molecule has 0 aliphatic carbocycles. The third kappa shape index (κ3) is 4.46. The van der Waals surface area contributed by atoms with Crippen molar-refractivity contribution in [3.05, 3.63) is 42.1 Å². The van der Waals surface area contributed by atoms with Crippen molar-refractivity contribution in [2.75, 3.05) is 36.6 Å². The Balaban J connectivity index is 1.55. The van der Waals surface area contributed by atoms with Gasteiger partial charge in [-0.3, -0.25) is 4.98 Å². The minimum Gasteiger partial charge on any atom is -0.496 e. The molecule has 1 unspecified atom stereocenters. The van der Waals surface area contributed by atoms with E-state index in [0.29, 0.717) is 23.8 Å². The second-order valence-corrected chi connectivity index (χ2v) is 11.1. The predicted octanol–water partition coefficient (Wildman–Crippen LogP) is 3.67. The van der Waals surface area contributed by atoms with E-state index in [4.69, 9.17) is 14.8 Å². The topological polar surface area (TPSA) is 90.2 Å². The molecule has 174 valence electrons. The van der Waals surface area contributed by atoms with Gasteiger partial charge in [-0.15, -0.1) is 5.10 Å². The van der Waals surface area contributed by atoms with E-state index in [9.17, 15) is 8.42 Å². The summed E-state index contributed by atoms with van der Waals surface area (Å²) in [5.74, 6) is 2.28. The fourth-order valence-electron chi connectivity index (χ4n) is 4.77. The molecule has 0 bridgehead atoms. The van der Waals surface area contributed by atoms with Gasteiger partial charge in [0.05, 0.1) is 36.5 Å². The third-order valence-electron chi connectivity index (χ3n) is 6.52. The summed E-state index contributed by atoms with van der Waals surface area (Å²) in [5.41, 5.74) is 3.65. The number of anilines is 1. The minimum atomic E-state index is -3.10. The van der Waals surface area contributed by atoms with Crippen LogP contribution in [0, 0.1) is 6.92 Å². The normalized spacial score (nSPS) is 20.2. The van der Waals surface area contributed by atoms with Crippen molar-refractivity contribution in [3.63, 3.8) is 0 Å². The lowest BCUT2D eigenvalue weighted by molar-refractivity contribution is 0.411. The van der Waals surface area contributed by atoms with Gasteiger partial charge in [-0.25, -0.2) is 18.1 Å². The van der Waals surface area contributed by atoms with Crippen LogP contribution in [0.5, 0.6) is 5.75 Å². The van der Waals surface area contributed by atoms with Crippen molar-refractivity contribution in [3.8, 4) is 28.7 Å². The Kier molecular flexibility index (Phi) is 5.82. The highest BCUT2D eigenvalue weighted by Crippen LogP contribution is 2.32. The number of pyridine rings is 1. The number of ether oxygens (including phenoxy) is 1. The molecule has 1 aromatic carbocycles. The Bertz CT molecular complexity index is 1250. The zero-order valence-electron chi connectivity index (χ0n) is 19.1. The van der Waals surface area contributed by atoms with E-state index in [1.165, 1.54) is 12.8 Å². The predicted molar refractivity (Wildman–Crippen MR) is 128 cm³/mol. The molecule has 2 aliphatic heterocycles. The fraction of sp³-hybridized carbons (Fsp3) is 0.458. The molecular formula is C24H29N5O3S. The van der Waals surface area contributed by atoms with Crippen molar-refractivity contribution in [2.24, 2.45) is 0 Å². The number of aromatic nitrogens is 4. The Morgan fingerprint density at radius 3 is 2.58 bits per heavy atom. The lowest BCUT2D eigenvalue weighted by Crippen LogP contribution is -2.28. The Morgan fingerprint density at radius 1 is 1.09 bits per heavy atom. The largest absolute Gasteiger partial charge is 0.496 e. The van der Waals surface area contributed by atoms with Gasteiger partial charge in [-0.05, 0) is 68.5 Å². The summed E-state index contributed by atoms with van der Waals surface area (Å²) < 4.78 is 31.9. The summed E-state index contributed by atoms with van der Waals surface area (Å²) in [6, 6.07) is 9.63. The number of hydrogen-bond donors (Lipinski definition) is 0. The maximum Gasteiger partial charge on any atom is 0.200 e. The highest BCUT2D eigenvalue weighted by molar-refractivity contribution is 7.91. The van der Waals surface area contributed by atoms with Crippen LogP contribution in [0.25, 0.3) is 22.9 Å². The molecule has 0 radical (unpaired) electrons. The molecule has 2 aliphatic rings. The maximum absolute atomic E-state index is 12.4. The van der Waals surface area contributed by atoms with Gasteiger partial charge >= 0.3 is 0 Å². The van der Waals surface area contributed by atoms with Gasteiger partial charge in [0.15, 0.2) is 21.5 Å². The van der Waals surface area contributed by atoms with E-state index in [1.54, 1.807) is 11.8 Å². The summed E-state index contributed by atoms with van der Waals surface area (Å²) in [5, 5.41) is 4.78. The van der Waals surface area contributed by atoms with E-state index in [0.717, 1.165) is 42.1 Å². The van der Waals surface area contributed by atoms with Crippen LogP contribution in [0.4, 0.5) is 5.69 Å². The molecule has 8 nitrogen and oxygen atoms in total. The van der Waals surface area contributed by atoms with E-state index in [2.05, 4.69) is 16.0 Å². The van der Waals surface area contributed by atoms with Crippen LogP contribution in [-0.2, 0) is 9.84 Å². The SMILES string of the molecule is COc1ccc(-c2nc(-c3ccc(N4CCCC4)cn3)nn2C2CCCS(=O)(=O)C2)cc1C. The van der Waals surface area contributed by atoms with Gasteiger partial charge in [0.1, 0.15) is 11.4 Å². The van der Waals surface area contributed by atoms with Crippen LogP contribution in [0.15, 0.2) is 36.5 Å². The van der Waals surface area contributed by atoms with Crippen LogP contribution in [-0.4, -0.2) is 59.9 Å². The molecule has 5 rings (SSSR count). The van der Waals surface area contributed by atoms with Crippen molar-refractivity contribution in [1.29, 1.82) is 0 Å². The summed E-state index contributed by atoms with van der Waals surface area (Å²) in [4.78, 5) is 11.8. The quantitative estimate of drug-likeness (QED) is 0.565. The molecule has 2 fully saturated rings. The molecular weight excluding hydrogens is 438 g/mol. The Labute approximate surface area is 194 Å². The molecule has 0 spiro atoms. The van der Waals surface area contributed by atoms with Gasteiger partial charge in [0, 0.05) is 18.7 Å². The minimum absolute atomic E-state index is 0.0826. The molecule has 33 heavy (non-hydrogen) atoms. The first-order valence-corrected chi connectivity index (χ1v) is 13.3. The molecule has 0 saturated carbocycles. The molecule has 3 aromatic rings. The average Bonchev–Trinajstić information content (AvgIpc) is 3.49. The van der Waals surface area contributed by atoms with Crippen LogP contribution < -0.4 is 9.64 Å². The second kappa shape index (κ2) is 8.78.